The first-order chi connectivity index (χ1) is 12.9. The highest BCUT2D eigenvalue weighted by molar-refractivity contribution is 9.10. The highest BCUT2D eigenvalue weighted by atomic mass is 79.9. The topological polar surface area (TPSA) is 33.5 Å². The summed E-state index contributed by atoms with van der Waals surface area (Å²) >= 11 is 5.22. The Morgan fingerprint density at radius 2 is 1.67 bits per heavy atom. The van der Waals surface area contributed by atoms with E-state index in [9.17, 15) is 4.79 Å². The smallest absolute Gasteiger partial charge is 0.185 e. The van der Waals surface area contributed by atoms with Crippen LogP contribution in [0.3, 0.4) is 0 Å². The molecule has 0 bridgehead atoms. The minimum Gasteiger partial charge on any atom is -0.457 e. The Labute approximate surface area is 173 Å². The molecule has 0 radical (unpaired) electrons. The van der Waals surface area contributed by atoms with Crippen LogP contribution in [0.15, 0.2) is 62.3 Å². The van der Waals surface area contributed by atoms with Crippen molar-refractivity contribution < 1.29 is 9.21 Å². The van der Waals surface area contributed by atoms with Crippen LogP contribution in [-0.2, 0) is 13.1 Å². The lowest BCUT2D eigenvalue weighted by atomic mass is 10.1. The minimum absolute atomic E-state index is 0.362. The molecule has 1 heterocycles. The van der Waals surface area contributed by atoms with Crippen LogP contribution in [0.1, 0.15) is 38.6 Å². The van der Waals surface area contributed by atoms with E-state index in [-0.39, 0.29) is 0 Å². The normalized spacial score (nSPS) is 11.1. The molecule has 1 aromatic heterocycles. The third-order valence-electron chi connectivity index (χ3n) is 4.23. The molecule has 0 aliphatic carbocycles. The first-order valence-electron chi connectivity index (χ1n) is 8.73. The average molecular weight is 444 g/mol. The fourth-order valence-corrected chi connectivity index (χ4v) is 4.40. The zero-order chi connectivity index (χ0) is 19.4. The van der Waals surface area contributed by atoms with Crippen molar-refractivity contribution in [1.29, 1.82) is 0 Å². The Hall–Kier alpha value is -1.82. The van der Waals surface area contributed by atoms with E-state index in [1.165, 1.54) is 27.1 Å². The molecular weight excluding hydrogens is 422 g/mol. The molecular formula is C22H22BrNO2S. The number of benzene rings is 2. The van der Waals surface area contributed by atoms with E-state index in [1.54, 1.807) is 18.0 Å². The van der Waals surface area contributed by atoms with Gasteiger partial charge in [0.05, 0.1) is 6.54 Å². The largest absolute Gasteiger partial charge is 0.457 e. The van der Waals surface area contributed by atoms with Gasteiger partial charge in [-0.1, -0.05) is 45.8 Å². The van der Waals surface area contributed by atoms with Crippen LogP contribution in [0.5, 0.6) is 0 Å². The first-order valence-corrected chi connectivity index (χ1v) is 10.3. The Morgan fingerprint density at radius 1 is 1.00 bits per heavy atom. The number of aldehydes is 1. The van der Waals surface area contributed by atoms with Gasteiger partial charge < -0.3 is 4.42 Å². The van der Waals surface area contributed by atoms with Gasteiger partial charge >= 0.3 is 0 Å². The fraction of sp³-hybridized carbons (Fsp3) is 0.227. The standard InChI is InChI=1S/C22H22BrNO2S/c1-15-10-16(2)22(17(3)11-15)27-24(12-18-4-6-19(23)7-5-18)13-20-8-9-21(14-25)26-20/h4-11,14H,12-13H2,1-3H3. The van der Waals surface area contributed by atoms with Gasteiger partial charge in [0.15, 0.2) is 12.0 Å². The van der Waals surface area contributed by atoms with Crippen molar-refractivity contribution in [2.24, 2.45) is 0 Å². The average Bonchev–Trinajstić information content (AvgIpc) is 3.07. The Balaban J connectivity index is 1.86. The summed E-state index contributed by atoms with van der Waals surface area (Å²) in [4.78, 5) is 12.2. The lowest BCUT2D eigenvalue weighted by Gasteiger charge is -2.22. The summed E-state index contributed by atoms with van der Waals surface area (Å²) in [5, 5.41) is 0. The van der Waals surface area contributed by atoms with Crippen LogP contribution < -0.4 is 0 Å². The number of hydrogen-bond donors (Lipinski definition) is 0. The number of aryl methyl sites for hydroxylation is 3. The van der Waals surface area contributed by atoms with Gasteiger partial charge in [0.25, 0.3) is 0 Å². The maximum Gasteiger partial charge on any atom is 0.185 e. The van der Waals surface area contributed by atoms with Gasteiger partial charge in [-0.3, -0.25) is 4.79 Å². The Kier molecular flexibility index (Phi) is 6.58. The van der Waals surface area contributed by atoms with Crippen LogP contribution in [-0.4, -0.2) is 10.6 Å². The molecule has 0 N–H and O–H groups in total. The summed E-state index contributed by atoms with van der Waals surface area (Å²) < 4.78 is 8.94. The fourth-order valence-electron chi connectivity index (χ4n) is 3.07. The molecule has 140 valence electrons. The zero-order valence-electron chi connectivity index (χ0n) is 15.7. The maximum atomic E-state index is 10.9. The summed E-state index contributed by atoms with van der Waals surface area (Å²) in [5.41, 5.74) is 5.03. The second-order valence-corrected chi connectivity index (χ2v) is 8.69. The van der Waals surface area contributed by atoms with E-state index >= 15 is 0 Å². The van der Waals surface area contributed by atoms with Crippen LogP contribution >= 0.6 is 27.9 Å². The summed E-state index contributed by atoms with van der Waals surface area (Å²) in [6, 6.07) is 16.4. The molecule has 0 spiro atoms. The summed E-state index contributed by atoms with van der Waals surface area (Å²) in [6.07, 6.45) is 0.740. The highest BCUT2D eigenvalue weighted by Gasteiger charge is 2.15. The van der Waals surface area contributed by atoms with Crippen LogP contribution in [0.2, 0.25) is 0 Å². The number of nitrogens with zero attached hydrogens (tertiary/aromatic N) is 1. The molecule has 0 aliphatic rings. The maximum absolute atomic E-state index is 10.9. The quantitative estimate of drug-likeness (QED) is 0.308. The van der Waals surface area contributed by atoms with Crippen molar-refractivity contribution in [1.82, 2.24) is 4.31 Å². The van der Waals surface area contributed by atoms with Crippen molar-refractivity contribution in [2.75, 3.05) is 0 Å². The predicted octanol–water partition coefficient (Wildman–Crippen LogP) is 6.49. The van der Waals surface area contributed by atoms with Gasteiger partial charge in [-0.05, 0) is 73.7 Å². The molecule has 0 fully saturated rings. The Morgan fingerprint density at radius 3 is 2.26 bits per heavy atom. The van der Waals surface area contributed by atoms with Crippen LogP contribution in [0.4, 0.5) is 0 Å². The molecule has 0 aliphatic heterocycles. The summed E-state index contributed by atoms with van der Waals surface area (Å²) in [5.74, 6) is 1.14. The Bertz CT molecular complexity index is 911. The third kappa shape index (κ3) is 5.34. The third-order valence-corrected chi connectivity index (χ3v) is 6.10. The van der Waals surface area contributed by atoms with E-state index in [1.807, 2.05) is 6.07 Å². The molecule has 27 heavy (non-hydrogen) atoms. The van der Waals surface area contributed by atoms with Crippen molar-refractivity contribution in [3.63, 3.8) is 0 Å². The number of carbonyl (C=O) groups excluding carboxylic acids is 1. The molecule has 0 saturated carbocycles. The van der Waals surface area contributed by atoms with Gasteiger partial charge in [-0.25, -0.2) is 4.31 Å². The van der Waals surface area contributed by atoms with Crippen LogP contribution in [0.25, 0.3) is 0 Å². The zero-order valence-corrected chi connectivity index (χ0v) is 18.1. The van der Waals surface area contributed by atoms with Gasteiger partial charge in [0, 0.05) is 15.9 Å². The van der Waals surface area contributed by atoms with E-state index in [4.69, 9.17) is 4.42 Å². The lowest BCUT2D eigenvalue weighted by molar-refractivity contribution is 0.109. The van der Waals surface area contributed by atoms with Crippen molar-refractivity contribution in [3.05, 3.63) is 86.8 Å². The van der Waals surface area contributed by atoms with Crippen LogP contribution in [0, 0.1) is 20.8 Å². The molecule has 3 aromatic rings. The van der Waals surface area contributed by atoms with E-state index in [2.05, 4.69) is 77.4 Å². The second kappa shape index (κ2) is 8.91. The van der Waals surface area contributed by atoms with Gasteiger partial charge in [-0.15, -0.1) is 0 Å². The predicted molar refractivity (Wildman–Crippen MR) is 114 cm³/mol. The molecule has 2 aromatic carbocycles. The van der Waals surface area contributed by atoms with E-state index in [0.717, 1.165) is 23.1 Å². The molecule has 0 atom stereocenters. The molecule has 0 amide bonds. The highest BCUT2D eigenvalue weighted by Crippen LogP contribution is 2.33. The minimum atomic E-state index is 0.362. The molecule has 0 saturated heterocycles. The van der Waals surface area contributed by atoms with Gasteiger partial charge in [0.1, 0.15) is 5.76 Å². The van der Waals surface area contributed by atoms with Gasteiger partial charge in [-0.2, -0.15) is 0 Å². The monoisotopic (exact) mass is 443 g/mol. The number of hydrogen-bond acceptors (Lipinski definition) is 4. The number of halogens is 1. The molecule has 3 nitrogen and oxygen atoms in total. The lowest BCUT2D eigenvalue weighted by Crippen LogP contribution is -2.15. The second-order valence-electron chi connectivity index (χ2n) is 6.67. The number of furan rings is 1. The number of carbonyl (C=O) groups is 1. The summed E-state index contributed by atoms with van der Waals surface area (Å²) in [6.45, 7) is 7.80. The molecule has 3 rings (SSSR count). The van der Waals surface area contributed by atoms with Crippen molar-refractivity contribution >= 4 is 34.2 Å². The molecule has 5 heteroatoms. The van der Waals surface area contributed by atoms with Gasteiger partial charge in [0.2, 0.25) is 0 Å². The van der Waals surface area contributed by atoms with Crippen molar-refractivity contribution in [2.45, 2.75) is 38.8 Å². The SMILES string of the molecule is Cc1cc(C)c(SN(Cc2ccc(Br)cc2)Cc2ccc(C=O)o2)c(C)c1. The van der Waals surface area contributed by atoms with E-state index in [0.29, 0.717) is 12.3 Å². The summed E-state index contributed by atoms with van der Waals surface area (Å²) in [7, 11) is 0. The van der Waals surface area contributed by atoms with E-state index < -0.39 is 0 Å². The van der Waals surface area contributed by atoms with Crippen molar-refractivity contribution in [3.8, 4) is 0 Å². The number of rotatable bonds is 7. The first kappa shape index (κ1) is 19.9. The molecule has 0 unspecified atom stereocenters.